The minimum Gasteiger partial charge on any atom is -0.332 e. The van der Waals surface area contributed by atoms with E-state index in [9.17, 15) is 9.59 Å². The molecule has 1 aliphatic rings. The molecule has 4 heteroatoms. The van der Waals surface area contributed by atoms with Gasteiger partial charge in [0.1, 0.15) is 0 Å². The second-order valence-electron chi connectivity index (χ2n) is 3.56. The standard InChI is InChI=1S/C11H10N2O2/c1-8-6-13(8)11(15)9-3-2-4-10(5-9)12-7-14/h2-5,8H,6H2,1H3. The van der Waals surface area contributed by atoms with Gasteiger partial charge in [-0.3, -0.25) is 4.79 Å². The van der Waals surface area contributed by atoms with Crippen LogP contribution in [0.15, 0.2) is 29.3 Å². The molecule has 1 aromatic carbocycles. The molecule has 0 aromatic heterocycles. The van der Waals surface area contributed by atoms with Gasteiger partial charge in [0, 0.05) is 18.2 Å². The van der Waals surface area contributed by atoms with Crippen molar-refractivity contribution in [2.75, 3.05) is 6.54 Å². The van der Waals surface area contributed by atoms with E-state index in [2.05, 4.69) is 4.99 Å². The van der Waals surface area contributed by atoms with Crippen LogP contribution >= 0.6 is 0 Å². The molecular formula is C11H10N2O2. The average molecular weight is 202 g/mol. The molecular weight excluding hydrogens is 192 g/mol. The summed E-state index contributed by atoms with van der Waals surface area (Å²) in [5.41, 5.74) is 1.03. The average Bonchev–Trinajstić information content (AvgIpc) is 2.95. The normalized spacial score (nSPS) is 18.2. The van der Waals surface area contributed by atoms with Gasteiger partial charge < -0.3 is 4.90 Å². The summed E-state index contributed by atoms with van der Waals surface area (Å²) in [6, 6.07) is 7.01. The smallest absolute Gasteiger partial charge is 0.254 e. The van der Waals surface area contributed by atoms with Crippen LogP contribution in [0.2, 0.25) is 0 Å². The van der Waals surface area contributed by atoms with E-state index in [4.69, 9.17) is 0 Å². The summed E-state index contributed by atoms with van der Waals surface area (Å²) >= 11 is 0. The predicted octanol–water partition coefficient (Wildman–Crippen LogP) is 1.50. The minimum atomic E-state index is -0.00884. The lowest BCUT2D eigenvalue weighted by molar-refractivity contribution is 0.0876. The Bertz CT molecular complexity index is 450. The van der Waals surface area contributed by atoms with Crippen LogP contribution in [0.1, 0.15) is 17.3 Å². The molecule has 0 bridgehead atoms. The van der Waals surface area contributed by atoms with E-state index >= 15 is 0 Å². The third-order valence-corrected chi connectivity index (χ3v) is 2.39. The first-order valence-electron chi connectivity index (χ1n) is 4.71. The number of benzene rings is 1. The van der Waals surface area contributed by atoms with E-state index in [0.717, 1.165) is 6.54 Å². The number of hydrogen-bond donors (Lipinski definition) is 0. The largest absolute Gasteiger partial charge is 0.332 e. The van der Waals surface area contributed by atoms with Crippen molar-refractivity contribution < 1.29 is 9.59 Å². The number of carbonyl (C=O) groups excluding carboxylic acids is 2. The summed E-state index contributed by atoms with van der Waals surface area (Å²) in [4.78, 5) is 27.1. The molecule has 2 rings (SSSR count). The third-order valence-electron chi connectivity index (χ3n) is 2.39. The van der Waals surface area contributed by atoms with Crippen LogP contribution in [0, 0.1) is 0 Å². The highest BCUT2D eigenvalue weighted by atomic mass is 16.2. The molecule has 1 atom stereocenters. The Morgan fingerprint density at radius 2 is 2.33 bits per heavy atom. The SMILES string of the molecule is CC1CN1C(=O)c1cccc(N=C=O)c1. The fourth-order valence-corrected chi connectivity index (χ4v) is 1.45. The maximum absolute atomic E-state index is 11.8. The Kier molecular flexibility index (Phi) is 2.35. The monoisotopic (exact) mass is 202 g/mol. The molecule has 1 aromatic rings. The van der Waals surface area contributed by atoms with Crippen LogP contribution in [0.5, 0.6) is 0 Å². The van der Waals surface area contributed by atoms with Gasteiger partial charge in [-0.1, -0.05) is 6.07 Å². The zero-order valence-electron chi connectivity index (χ0n) is 8.30. The van der Waals surface area contributed by atoms with Crippen LogP contribution in [0.25, 0.3) is 0 Å². The molecule has 0 spiro atoms. The Morgan fingerprint density at radius 3 is 2.93 bits per heavy atom. The van der Waals surface area contributed by atoms with Gasteiger partial charge >= 0.3 is 0 Å². The molecule has 0 N–H and O–H groups in total. The predicted molar refractivity (Wildman–Crippen MR) is 54.7 cm³/mol. The molecule has 4 nitrogen and oxygen atoms in total. The molecule has 1 aliphatic heterocycles. The van der Waals surface area contributed by atoms with Crippen LogP contribution in [-0.2, 0) is 4.79 Å². The first kappa shape index (κ1) is 9.62. The summed E-state index contributed by atoms with van der Waals surface area (Å²) in [6.45, 7) is 2.80. The fourth-order valence-electron chi connectivity index (χ4n) is 1.45. The van der Waals surface area contributed by atoms with Crippen molar-refractivity contribution in [1.29, 1.82) is 0 Å². The lowest BCUT2D eigenvalue weighted by atomic mass is 10.2. The summed E-state index contributed by atoms with van der Waals surface area (Å²) < 4.78 is 0. The van der Waals surface area contributed by atoms with Crippen LogP contribution in [0.3, 0.4) is 0 Å². The number of carbonyl (C=O) groups is 1. The van der Waals surface area contributed by atoms with E-state index in [1.165, 1.54) is 6.08 Å². The third kappa shape index (κ3) is 1.95. The quantitative estimate of drug-likeness (QED) is 0.414. The molecule has 1 fully saturated rings. The first-order valence-corrected chi connectivity index (χ1v) is 4.71. The van der Waals surface area contributed by atoms with Gasteiger partial charge in [0.25, 0.3) is 5.91 Å². The minimum absolute atomic E-state index is 0.00884. The highest BCUT2D eigenvalue weighted by molar-refractivity contribution is 5.96. The van der Waals surface area contributed by atoms with Gasteiger partial charge in [0.05, 0.1) is 5.69 Å². The summed E-state index contributed by atoms with van der Waals surface area (Å²) in [5, 5.41) is 0. The highest BCUT2D eigenvalue weighted by Gasteiger charge is 2.34. The molecule has 1 amide bonds. The zero-order chi connectivity index (χ0) is 10.8. The lowest BCUT2D eigenvalue weighted by Crippen LogP contribution is -2.12. The van der Waals surface area contributed by atoms with Crippen molar-refractivity contribution in [2.45, 2.75) is 13.0 Å². The number of nitrogens with zero attached hydrogens (tertiary/aromatic N) is 2. The molecule has 1 heterocycles. The van der Waals surface area contributed by atoms with E-state index in [1.54, 1.807) is 29.2 Å². The summed E-state index contributed by atoms with van der Waals surface area (Å²) in [5.74, 6) is -0.00884. The first-order chi connectivity index (χ1) is 7.22. The van der Waals surface area contributed by atoms with E-state index in [1.807, 2.05) is 6.92 Å². The molecule has 76 valence electrons. The Balaban J connectivity index is 2.24. The number of hydrogen-bond acceptors (Lipinski definition) is 3. The molecule has 1 unspecified atom stereocenters. The summed E-state index contributed by atoms with van der Waals surface area (Å²) in [7, 11) is 0. The van der Waals surface area contributed by atoms with Crippen molar-refractivity contribution >= 4 is 17.7 Å². The fraction of sp³-hybridized carbons (Fsp3) is 0.273. The van der Waals surface area contributed by atoms with Crippen molar-refractivity contribution in [3.05, 3.63) is 29.8 Å². The molecule has 1 saturated heterocycles. The Hall–Kier alpha value is -1.93. The number of rotatable bonds is 2. The lowest BCUT2D eigenvalue weighted by Gasteiger charge is -2.02. The number of aliphatic imine (C=N–C) groups is 1. The Morgan fingerprint density at radius 1 is 1.60 bits per heavy atom. The molecule has 0 saturated carbocycles. The van der Waals surface area contributed by atoms with E-state index in [0.29, 0.717) is 17.3 Å². The van der Waals surface area contributed by atoms with Gasteiger partial charge in [-0.15, -0.1) is 0 Å². The van der Waals surface area contributed by atoms with Crippen molar-refractivity contribution in [1.82, 2.24) is 4.90 Å². The van der Waals surface area contributed by atoms with Gasteiger partial charge in [0.15, 0.2) is 0 Å². The van der Waals surface area contributed by atoms with E-state index < -0.39 is 0 Å². The van der Waals surface area contributed by atoms with Crippen molar-refractivity contribution in [3.63, 3.8) is 0 Å². The van der Waals surface area contributed by atoms with Gasteiger partial charge in [0.2, 0.25) is 6.08 Å². The molecule has 15 heavy (non-hydrogen) atoms. The van der Waals surface area contributed by atoms with Crippen LogP contribution in [0.4, 0.5) is 5.69 Å². The van der Waals surface area contributed by atoms with Gasteiger partial charge in [-0.2, -0.15) is 4.99 Å². The highest BCUT2D eigenvalue weighted by Crippen LogP contribution is 2.22. The molecule has 0 aliphatic carbocycles. The number of isocyanates is 1. The van der Waals surface area contributed by atoms with Gasteiger partial charge in [-0.25, -0.2) is 4.79 Å². The number of amides is 1. The zero-order valence-corrected chi connectivity index (χ0v) is 8.30. The van der Waals surface area contributed by atoms with E-state index in [-0.39, 0.29) is 5.91 Å². The topological polar surface area (TPSA) is 49.5 Å². The van der Waals surface area contributed by atoms with Gasteiger partial charge in [-0.05, 0) is 25.1 Å². The molecule has 0 radical (unpaired) electrons. The maximum atomic E-state index is 11.8. The van der Waals surface area contributed by atoms with Crippen LogP contribution in [-0.4, -0.2) is 29.5 Å². The second-order valence-corrected chi connectivity index (χ2v) is 3.56. The van der Waals surface area contributed by atoms with Crippen molar-refractivity contribution in [3.8, 4) is 0 Å². The van der Waals surface area contributed by atoms with Crippen LogP contribution < -0.4 is 0 Å². The maximum Gasteiger partial charge on any atom is 0.254 e. The van der Waals surface area contributed by atoms with Crippen molar-refractivity contribution in [2.24, 2.45) is 4.99 Å². The summed E-state index contributed by atoms with van der Waals surface area (Å²) in [6.07, 6.45) is 1.45. The Labute approximate surface area is 87.2 Å². The second kappa shape index (κ2) is 3.67.